The van der Waals surface area contributed by atoms with Crippen LogP contribution in [-0.2, 0) is 28.9 Å². The molecule has 2 heterocycles. The summed E-state index contributed by atoms with van der Waals surface area (Å²) in [4.78, 5) is 32.1. The number of rotatable bonds is 3. The highest BCUT2D eigenvalue weighted by Crippen LogP contribution is 2.35. The zero-order chi connectivity index (χ0) is 17.6. The van der Waals surface area contributed by atoms with E-state index < -0.39 is 0 Å². The highest BCUT2D eigenvalue weighted by Gasteiger charge is 2.25. The third-order valence-corrected chi connectivity index (χ3v) is 6.64. The smallest absolute Gasteiger partial charge is 0.326 e. The molecule has 1 saturated carbocycles. The Kier molecular flexibility index (Phi) is 4.40. The first-order valence-corrected chi connectivity index (χ1v) is 10.1. The summed E-state index contributed by atoms with van der Waals surface area (Å²) in [6.07, 6.45) is 7.20. The fourth-order valence-electron chi connectivity index (χ4n) is 4.07. The van der Waals surface area contributed by atoms with E-state index in [1.807, 2.05) is 0 Å². The molecule has 6 heteroatoms. The van der Waals surface area contributed by atoms with Crippen LogP contribution in [0.4, 0.5) is 0 Å². The second kappa shape index (κ2) is 6.56. The summed E-state index contributed by atoms with van der Waals surface area (Å²) in [7, 11) is 0. The van der Waals surface area contributed by atoms with Crippen molar-refractivity contribution in [2.24, 2.45) is 5.92 Å². The predicted molar refractivity (Wildman–Crippen MR) is 98.2 cm³/mol. The maximum atomic E-state index is 13.1. The fourth-order valence-corrected chi connectivity index (χ4v) is 5.49. The van der Waals surface area contributed by atoms with Crippen molar-refractivity contribution in [2.45, 2.75) is 71.4 Å². The standard InChI is InChI=1S/C19H24N2O3S/c1-11-7-8-14-15(9-11)25-18-17(14)19(23)21(12(2)20-18)10-16(22)24-13-5-3-4-6-13/h11,13H,3-10H2,1-2H3. The van der Waals surface area contributed by atoms with E-state index in [4.69, 9.17) is 4.74 Å². The molecule has 0 N–H and O–H groups in total. The first kappa shape index (κ1) is 16.8. The van der Waals surface area contributed by atoms with E-state index >= 15 is 0 Å². The van der Waals surface area contributed by atoms with Crippen LogP contribution in [0.25, 0.3) is 10.2 Å². The van der Waals surface area contributed by atoms with E-state index in [2.05, 4.69) is 11.9 Å². The zero-order valence-electron chi connectivity index (χ0n) is 14.8. The minimum Gasteiger partial charge on any atom is -0.461 e. The normalized spacial score (nSPS) is 20.8. The second-order valence-corrected chi connectivity index (χ2v) is 8.56. The molecule has 25 heavy (non-hydrogen) atoms. The molecule has 0 spiro atoms. The van der Waals surface area contributed by atoms with Crippen molar-refractivity contribution in [1.82, 2.24) is 9.55 Å². The van der Waals surface area contributed by atoms with Gasteiger partial charge in [-0.15, -0.1) is 11.3 Å². The molecule has 0 radical (unpaired) electrons. The van der Waals surface area contributed by atoms with E-state index in [0.717, 1.165) is 60.7 Å². The van der Waals surface area contributed by atoms with Crippen LogP contribution < -0.4 is 5.56 Å². The molecule has 134 valence electrons. The summed E-state index contributed by atoms with van der Waals surface area (Å²) >= 11 is 1.64. The molecule has 5 nitrogen and oxygen atoms in total. The van der Waals surface area contributed by atoms with Crippen molar-refractivity contribution < 1.29 is 9.53 Å². The van der Waals surface area contributed by atoms with Gasteiger partial charge < -0.3 is 4.74 Å². The van der Waals surface area contributed by atoms with Gasteiger partial charge in [-0.05, 0) is 63.4 Å². The first-order valence-electron chi connectivity index (χ1n) is 9.24. The Balaban J connectivity index is 1.67. The molecule has 0 saturated heterocycles. The molecular formula is C19H24N2O3S. The van der Waals surface area contributed by atoms with Crippen LogP contribution in [0.2, 0.25) is 0 Å². The molecule has 1 fully saturated rings. The molecule has 0 aliphatic heterocycles. The van der Waals surface area contributed by atoms with Crippen LogP contribution in [0.3, 0.4) is 0 Å². The average Bonchev–Trinajstić information content (AvgIpc) is 3.17. The van der Waals surface area contributed by atoms with Gasteiger partial charge >= 0.3 is 5.97 Å². The number of aromatic nitrogens is 2. The monoisotopic (exact) mass is 360 g/mol. The van der Waals surface area contributed by atoms with Gasteiger partial charge in [-0.1, -0.05) is 6.92 Å². The number of fused-ring (bicyclic) bond motifs is 3. The lowest BCUT2D eigenvalue weighted by molar-refractivity contribution is -0.149. The van der Waals surface area contributed by atoms with Gasteiger partial charge in [0, 0.05) is 4.88 Å². The van der Waals surface area contributed by atoms with Crippen molar-refractivity contribution in [3.05, 3.63) is 26.6 Å². The van der Waals surface area contributed by atoms with Gasteiger partial charge in [-0.25, -0.2) is 4.98 Å². The van der Waals surface area contributed by atoms with Crippen LogP contribution in [0.1, 0.15) is 55.3 Å². The van der Waals surface area contributed by atoms with E-state index in [1.54, 1.807) is 18.3 Å². The molecule has 1 unspecified atom stereocenters. The fraction of sp³-hybridized carbons (Fsp3) is 0.632. The van der Waals surface area contributed by atoms with E-state index in [9.17, 15) is 9.59 Å². The zero-order valence-corrected chi connectivity index (χ0v) is 15.7. The Morgan fingerprint density at radius 2 is 2.08 bits per heavy atom. The molecule has 2 aromatic heterocycles. The number of hydrogen-bond donors (Lipinski definition) is 0. The number of thiophene rings is 1. The molecule has 2 aromatic rings. The molecule has 0 aromatic carbocycles. The van der Waals surface area contributed by atoms with Crippen molar-refractivity contribution in [2.75, 3.05) is 0 Å². The lowest BCUT2D eigenvalue weighted by Gasteiger charge is -2.17. The molecule has 4 rings (SSSR count). The van der Waals surface area contributed by atoms with Crippen LogP contribution in [0.5, 0.6) is 0 Å². The first-order chi connectivity index (χ1) is 12.0. The number of ether oxygens (including phenoxy) is 1. The SMILES string of the molecule is Cc1nc2sc3c(c2c(=O)n1CC(=O)OC1CCCC1)CCC(C)C3. The van der Waals surface area contributed by atoms with Crippen molar-refractivity contribution >= 4 is 27.5 Å². The maximum Gasteiger partial charge on any atom is 0.326 e. The number of carbonyl (C=O) groups is 1. The minimum atomic E-state index is -0.323. The summed E-state index contributed by atoms with van der Waals surface area (Å²) in [5.41, 5.74) is 1.08. The van der Waals surface area contributed by atoms with Gasteiger partial charge in [0.2, 0.25) is 0 Å². The van der Waals surface area contributed by atoms with Gasteiger partial charge in [0.15, 0.2) is 0 Å². The summed E-state index contributed by atoms with van der Waals surface area (Å²) in [6, 6.07) is 0. The Hall–Kier alpha value is -1.69. The Morgan fingerprint density at radius 3 is 2.84 bits per heavy atom. The van der Waals surface area contributed by atoms with E-state index in [0.29, 0.717) is 11.7 Å². The molecule has 2 aliphatic carbocycles. The highest BCUT2D eigenvalue weighted by molar-refractivity contribution is 7.18. The van der Waals surface area contributed by atoms with Gasteiger partial charge in [0.25, 0.3) is 5.56 Å². The van der Waals surface area contributed by atoms with Crippen molar-refractivity contribution in [3.63, 3.8) is 0 Å². The van der Waals surface area contributed by atoms with E-state index in [1.165, 1.54) is 9.44 Å². The number of aryl methyl sites for hydroxylation is 2. The number of carbonyl (C=O) groups excluding carboxylic acids is 1. The third kappa shape index (κ3) is 3.12. The Labute approximate surface area is 151 Å². The maximum absolute atomic E-state index is 13.1. The summed E-state index contributed by atoms with van der Waals surface area (Å²) < 4.78 is 7.01. The largest absolute Gasteiger partial charge is 0.461 e. The Bertz CT molecular complexity index is 877. The predicted octanol–water partition coefficient (Wildman–Crippen LogP) is 3.38. The van der Waals surface area contributed by atoms with Crippen LogP contribution >= 0.6 is 11.3 Å². The summed E-state index contributed by atoms with van der Waals surface area (Å²) in [5, 5.41) is 0.728. The third-order valence-electron chi connectivity index (χ3n) is 5.49. The second-order valence-electron chi connectivity index (χ2n) is 7.48. The Morgan fingerprint density at radius 1 is 1.32 bits per heavy atom. The van der Waals surface area contributed by atoms with Gasteiger partial charge in [-0.2, -0.15) is 0 Å². The van der Waals surface area contributed by atoms with Gasteiger partial charge in [0.1, 0.15) is 23.3 Å². The van der Waals surface area contributed by atoms with Gasteiger partial charge in [0.05, 0.1) is 5.39 Å². The van der Waals surface area contributed by atoms with Crippen LogP contribution in [0, 0.1) is 12.8 Å². The quantitative estimate of drug-likeness (QED) is 0.787. The van der Waals surface area contributed by atoms with E-state index in [-0.39, 0.29) is 24.2 Å². The molecular weight excluding hydrogens is 336 g/mol. The van der Waals surface area contributed by atoms with Crippen molar-refractivity contribution in [3.8, 4) is 0 Å². The summed E-state index contributed by atoms with van der Waals surface area (Å²) in [6.45, 7) is 4.01. The highest BCUT2D eigenvalue weighted by atomic mass is 32.1. The van der Waals surface area contributed by atoms with Crippen LogP contribution in [-0.4, -0.2) is 21.6 Å². The molecule has 0 amide bonds. The number of nitrogens with zero attached hydrogens (tertiary/aromatic N) is 2. The van der Waals surface area contributed by atoms with Crippen LogP contribution in [0.15, 0.2) is 4.79 Å². The number of hydrogen-bond acceptors (Lipinski definition) is 5. The number of esters is 1. The van der Waals surface area contributed by atoms with Gasteiger partial charge in [-0.3, -0.25) is 14.2 Å². The molecule has 1 atom stereocenters. The molecule has 0 bridgehead atoms. The van der Waals surface area contributed by atoms with Crippen molar-refractivity contribution in [1.29, 1.82) is 0 Å². The summed E-state index contributed by atoms with van der Waals surface area (Å²) in [5.74, 6) is 0.925. The lowest BCUT2D eigenvalue weighted by atomic mass is 9.89. The minimum absolute atomic E-state index is 0.0237. The average molecular weight is 360 g/mol. The molecule has 2 aliphatic rings. The lowest BCUT2D eigenvalue weighted by Crippen LogP contribution is -2.30. The topological polar surface area (TPSA) is 61.2 Å².